The third-order valence-corrected chi connectivity index (χ3v) is 5.31. The number of carbonyl (C=O) groups excluding carboxylic acids is 3. The number of para-hydroxylation sites is 1. The van der Waals surface area contributed by atoms with Gasteiger partial charge in [-0.25, -0.2) is 4.79 Å². The lowest BCUT2D eigenvalue weighted by atomic mass is 9.94. The van der Waals surface area contributed by atoms with E-state index in [0.29, 0.717) is 16.2 Å². The number of halogens is 3. The summed E-state index contributed by atoms with van der Waals surface area (Å²) in [6.07, 6.45) is -5.43. The summed E-state index contributed by atoms with van der Waals surface area (Å²) in [5.41, 5.74) is 0.501. The maximum absolute atomic E-state index is 13.4. The molecule has 1 N–H and O–H groups in total. The minimum Gasteiger partial charge on any atom is -0.444 e. The third-order valence-electron chi connectivity index (χ3n) is 5.31. The number of fused-ring (bicyclic) bond motifs is 1. The van der Waals surface area contributed by atoms with E-state index in [1.165, 1.54) is 4.90 Å². The topological polar surface area (TPSA) is 79.0 Å². The first-order valence-electron chi connectivity index (χ1n) is 10.1. The van der Waals surface area contributed by atoms with Crippen molar-refractivity contribution in [3.8, 4) is 0 Å². The molecule has 1 atom stereocenters. The SMILES string of the molecule is CC(C)(C)OC(=O)N1CCC(N(C(=O)C(F)(F)F)C2Cc3ccccc3NC2=O)CC1. The van der Waals surface area contributed by atoms with E-state index in [1.807, 2.05) is 0 Å². The van der Waals surface area contributed by atoms with Gasteiger partial charge >= 0.3 is 18.2 Å². The van der Waals surface area contributed by atoms with Crippen molar-refractivity contribution in [2.45, 2.75) is 63.9 Å². The molecule has 1 aromatic rings. The normalized spacial score (nSPS) is 20.0. The molecule has 3 rings (SSSR count). The summed E-state index contributed by atoms with van der Waals surface area (Å²) < 4.78 is 45.6. The Balaban J connectivity index is 1.79. The number of amides is 3. The smallest absolute Gasteiger partial charge is 0.444 e. The van der Waals surface area contributed by atoms with E-state index in [2.05, 4.69) is 5.32 Å². The maximum atomic E-state index is 13.4. The second kappa shape index (κ2) is 8.39. The summed E-state index contributed by atoms with van der Waals surface area (Å²) in [5.74, 6) is -2.69. The molecule has 3 amide bonds. The van der Waals surface area contributed by atoms with Crippen LogP contribution in [0.5, 0.6) is 0 Å². The van der Waals surface area contributed by atoms with E-state index in [9.17, 15) is 27.6 Å². The van der Waals surface area contributed by atoms with E-state index >= 15 is 0 Å². The fourth-order valence-corrected chi connectivity index (χ4v) is 3.92. The Morgan fingerprint density at radius 1 is 1.13 bits per heavy atom. The third kappa shape index (κ3) is 5.29. The summed E-state index contributed by atoms with van der Waals surface area (Å²) in [6, 6.07) is 4.71. The summed E-state index contributed by atoms with van der Waals surface area (Å²) in [5, 5.41) is 2.60. The number of rotatable bonds is 2. The van der Waals surface area contributed by atoms with Gasteiger partial charge in [0.05, 0.1) is 0 Å². The zero-order valence-electron chi connectivity index (χ0n) is 17.7. The second-order valence-corrected chi connectivity index (χ2v) is 8.78. The van der Waals surface area contributed by atoms with Gasteiger partial charge in [0.25, 0.3) is 0 Å². The van der Waals surface area contributed by atoms with Crippen molar-refractivity contribution in [3.63, 3.8) is 0 Å². The molecule has 10 heteroatoms. The largest absolute Gasteiger partial charge is 0.471 e. The number of likely N-dealkylation sites (tertiary alicyclic amines) is 1. The van der Waals surface area contributed by atoms with Crippen LogP contribution >= 0.6 is 0 Å². The van der Waals surface area contributed by atoms with Crippen LogP contribution in [0.4, 0.5) is 23.7 Å². The van der Waals surface area contributed by atoms with Crippen molar-refractivity contribution in [2.75, 3.05) is 18.4 Å². The van der Waals surface area contributed by atoms with Gasteiger partial charge in [0.1, 0.15) is 11.6 Å². The molecule has 1 aromatic carbocycles. The highest BCUT2D eigenvalue weighted by molar-refractivity contribution is 6.00. The van der Waals surface area contributed by atoms with Crippen LogP contribution in [-0.2, 0) is 20.7 Å². The quantitative estimate of drug-likeness (QED) is 0.764. The summed E-state index contributed by atoms with van der Waals surface area (Å²) >= 11 is 0. The van der Waals surface area contributed by atoms with Crippen LogP contribution in [0.25, 0.3) is 0 Å². The van der Waals surface area contributed by atoms with E-state index in [1.54, 1.807) is 45.0 Å². The first kappa shape index (κ1) is 22.9. The molecule has 7 nitrogen and oxygen atoms in total. The van der Waals surface area contributed by atoms with Crippen LogP contribution < -0.4 is 5.32 Å². The van der Waals surface area contributed by atoms with Crippen LogP contribution in [0, 0.1) is 0 Å². The first-order chi connectivity index (χ1) is 14.4. The van der Waals surface area contributed by atoms with Crippen molar-refractivity contribution in [1.29, 1.82) is 0 Å². The summed E-state index contributed by atoms with van der Waals surface area (Å²) in [7, 11) is 0. The fraction of sp³-hybridized carbons (Fsp3) is 0.571. The molecule has 0 aliphatic carbocycles. The summed E-state index contributed by atoms with van der Waals surface area (Å²) in [4.78, 5) is 39.3. The molecular formula is C21H26F3N3O4. The molecule has 0 radical (unpaired) electrons. The molecule has 31 heavy (non-hydrogen) atoms. The average molecular weight is 441 g/mol. The van der Waals surface area contributed by atoms with Crippen LogP contribution in [0.2, 0.25) is 0 Å². The lowest BCUT2D eigenvalue weighted by Gasteiger charge is -2.43. The number of alkyl halides is 3. The van der Waals surface area contributed by atoms with Gasteiger partial charge in [0.15, 0.2) is 0 Å². The number of ether oxygens (including phenoxy) is 1. The minimum atomic E-state index is -5.11. The van der Waals surface area contributed by atoms with Gasteiger partial charge in [-0.05, 0) is 45.2 Å². The molecule has 0 bridgehead atoms. The standard InChI is InChI=1S/C21H26F3N3O4/c1-20(2,3)31-19(30)26-10-8-14(9-11-26)27(18(29)21(22,23)24)16-12-13-6-4-5-7-15(13)25-17(16)28/h4-7,14,16H,8-12H2,1-3H3,(H,25,28). The molecule has 1 fully saturated rings. The highest BCUT2D eigenvalue weighted by Crippen LogP contribution is 2.31. The Kier molecular flexibility index (Phi) is 6.20. The second-order valence-electron chi connectivity index (χ2n) is 8.78. The van der Waals surface area contributed by atoms with E-state index in [4.69, 9.17) is 4.74 Å². The van der Waals surface area contributed by atoms with Gasteiger partial charge in [-0.2, -0.15) is 13.2 Å². The minimum absolute atomic E-state index is 0.00386. The average Bonchev–Trinajstić information content (AvgIpc) is 2.67. The number of hydrogen-bond donors (Lipinski definition) is 1. The van der Waals surface area contributed by atoms with Gasteiger partial charge in [-0.1, -0.05) is 18.2 Å². The number of nitrogens with one attached hydrogen (secondary N) is 1. The van der Waals surface area contributed by atoms with E-state index < -0.39 is 41.8 Å². The van der Waals surface area contributed by atoms with Gasteiger partial charge in [0.2, 0.25) is 5.91 Å². The number of carbonyl (C=O) groups is 3. The Morgan fingerprint density at radius 3 is 2.32 bits per heavy atom. The molecule has 0 saturated carbocycles. The summed E-state index contributed by atoms with van der Waals surface area (Å²) in [6.45, 7) is 5.43. The molecule has 170 valence electrons. The van der Waals surface area contributed by atoms with Crippen molar-refractivity contribution >= 4 is 23.6 Å². The number of anilines is 1. The van der Waals surface area contributed by atoms with Crippen LogP contribution in [0.1, 0.15) is 39.2 Å². The molecule has 1 unspecified atom stereocenters. The molecule has 2 aliphatic rings. The van der Waals surface area contributed by atoms with Crippen molar-refractivity contribution < 1.29 is 32.3 Å². The molecule has 2 aliphatic heterocycles. The number of hydrogen-bond acceptors (Lipinski definition) is 4. The number of nitrogens with zero attached hydrogens (tertiary/aromatic N) is 2. The lowest BCUT2D eigenvalue weighted by Crippen LogP contribution is -2.60. The number of piperidine rings is 1. The van der Waals surface area contributed by atoms with Gasteiger partial charge < -0.3 is 19.9 Å². The van der Waals surface area contributed by atoms with Gasteiger partial charge in [-0.3, -0.25) is 9.59 Å². The van der Waals surface area contributed by atoms with E-state index in [-0.39, 0.29) is 32.4 Å². The molecule has 0 spiro atoms. The molecular weight excluding hydrogens is 415 g/mol. The zero-order valence-corrected chi connectivity index (χ0v) is 17.7. The molecule has 0 aromatic heterocycles. The van der Waals surface area contributed by atoms with Gasteiger partial charge in [-0.15, -0.1) is 0 Å². The molecule has 2 heterocycles. The van der Waals surface area contributed by atoms with Crippen molar-refractivity contribution in [1.82, 2.24) is 9.80 Å². The first-order valence-corrected chi connectivity index (χ1v) is 10.1. The van der Waals surface area contributed by atoms with E-state index in [0.717, 1.165) is 0 Å². The monoisotopic (exact) mass is 441 g/mol. The highest BCUT2D eigenvalue weighted by atomic mass is 19.4. The van der Waals surface area contributed by atoms with Gasteiger partial charge in [0, 0.05) is 31.2 Å². The Hall–Kier alpha value is -2.78. The maximum Gasteiger partial charge on any atom is 0.471 e. The van der Waals surface area contributed by atoms with Crippen LogP contribution in [0.15, 0.2) is 24.3 Å². The Morgan fingerprint density at radius 2 is 1.74 bits per heavy atom. The van der Waals surface area contributed by atoms with Crippen LogP contribution in [-0.4, -0.2) is 64.7 Å². The lowest BCUT2D eigenvalue weighted by molar-refractivity contribution is -0.192. The Labute approximate surface area is 178 Å². The van der Waals surface area contributed by atoms with Crippen molar-refractivity contribution in [2.24, 2.45) is 0 Å². The predicted molar refractivity (Wildman–Crippen MR) is 106 cm³/mol. The Bertz CT molecular complexity index is 858. The molecule has 1 saturated heterocycles. The van der Waals surface area contributed by atoms with Crippen LogP contribution in [0.3, 0.4) is 0 Å². The zero-order chi connectivity index (χ0) is 23.0. The number of benzene rings is 1. The highest BCUT2D eigenvalue weighted by Gasteiger charge is 2.50. The predicted octanol–water partition coefficient (Wildman–Crippen LogP) is 3.34. The van der Waals surface area contributed by atoms with Crippen molar-refractivity contribution in [3.05, 3.63) is 29.8 Å². The fourth-order valence-electron chi connectivity index (χ4n) is 3.92.